The van der Waals surface area contributed by atoms with E-state index in [1.165, 1.54) is 222 Å². The summed E-state index contributed by atoms with van der Waals surface area (Å²) in [5, 5.41) is 6.51. The molecule has 3 aromatic heterocycles. The molecule has 0 saturated carbocycles. The number of carbonyl (C=O) groups excluding carboxylic acids is 2. The first-order chi connectivity index (χ1) is 31.0. The minimum Gasteiger partial charge on any atom is -0.352 e. The monoisotopic (exact) mass is 923 g/mol. The lowest BCUT2D eigenvalue weighted by molar-refractivity contribution is 0.0944. The maximum absolute atomic E-state index is 13.4. The number of thiophene rings is 3. The van der Waals surface area contributed by atoms with Crippen molar-refractivity contribution in [2.75, 3.05) is 13.1 Å². The number of hydrogen-bond acceptors (Lipinski definition) is 5. The lowest BCUT2D eigenvalue weighted by atomic mass is 10.0. The maximum Gasteiger partial charge on any atom is 0.252 e. The van der Waals surface area contributed by atoms with Crippen molar-refractivity contribution in [1.29, 1.82) is 0 Å². The Kier molecular flexibility index (Phi) is 32.7. The van der Waals surface area contributed by atoms with Crippen LogP contribution in [-0.4, -0.2) is 24.9 Å². The Labute approximate surface area is 400 Å². The van der Waals surface area contributed by atoms with Crippen molar-refractivity contribution in [1.82, 2.24) is 10.6 Å². The molecule has 0 aliphatic carbocycles. The van der Waals surface area contributed by atoms with Crippen LogP contribution in [0, 0.1) is 0 Å². The van der Waals surface area contributed by atoms with Crippen LogP contribution in [0.5, 0.6) is 0 Å². The number of unbranched alkanes of at least 4 members (excludes halogenated alkanes) is 30. The minimum absolute atomic E-state index is 0.0800. The number of amides is 2. The molecular formula is C56H94N2O2S3. The van der Waals surface area contributed by atoms with Gasteiger partial charge in [0.15, 0.2) is 0 Å². The van der Waals surface area contributed by atoms with Crippen molar-refractivity contribution in [3.05, 3.63) is 45.1 Å². The molecule has 7 heteroatoms. The molecule has 0 aliphatic heterocycles. The molecule has 2 amide bonds. The van der Waals surface area contributed by atoms with Crippen LogP contribution in [0.4, 0.5) is 0 Å². The van der Waals surface area contributed by atoms with Crippen LogP contribution in [0.2, 0.25) is 0 Å². The fraction of sp³-hybridized carbons (Fsp3) is 0.750. The molecule has 3 aromatic rings. The predicted molar refractivity (Wildman–Crippen MR) is 283 cm³/mol. The third-order valence-electron chi connectivity index (χ3n) is 12.8. The van der Waals surface area contributed by atoms with E-state index in [2.05, 4.69) is 62.6 Å². The van der Waals surface area contributed by atoms with E-state index in [1.54, 1.807) is 34.0 Å². The van der Waals surface area contributed by atoms with Gasteiger partial charge in [-0.05, 0) is 49.9 Å². The SMILES string of the molecule is CCCCCCCCCCCCCCCCCCNC(=O)c1cc(-c2ccc(-c3cc(C(=O)NCCCCCCCCCCCCCCCCCC)c(CCC)s3)s2)sc1CCC. The van der Waals surface area contributed by atoms with E-state index >= 15 is 0 Å². The topological polar surface area (TPSA) is 58.2 Å². The summed E-state index contributed by atoms with van der Waals surface area (Å²) in [6.07, 6.45) is 47.3. The van der Waals surface area contributed by atoms with Crippen molar-refractivity contribution < 1.29 is 9.59 Å². The van der Waals surface area contributed by atoms with Crippen LogP contribution in [0.25, 0.3) is 19.5 Å². The van der Waals surface area contributed by atoms with Gasteiger partial charge in [-0.1, -0.05) is 233 Å². The normalized spacial score (nSPS) is 11.5. The van der Waals surface area contributed by atoms with Crippen molar-refractivity contribution in [2.45, 2.75) is 259 Å². The first kappa shape index (κ1) is 55.4. The van der Waals surface area contributed by atoms with Gasteiger partial charge >= 0.3 is 0 Å². The number of aryl methyl sites for hydroxylation is 2. The fourth-order valence-corrected chi connectivity index (χ4v) is 12.5. The zero-order valence-corrected chi connectivity index (χ0v) is 43.7. The van der Waals surface area contributed by atoms with E-state index in [0.29, 0.717) is 0 Å². The molecule has 3 heterocycles. The summed E-state index contributed by atoms with van der Waals surface area (Å²) in [7, 11) is 0. The lowest BCUT2D eigenvalue weighted by Gasteiger charge is -2.06. The van der Waals surface area contributed by atoms with Gasteiger partial charge in [0.2, 0.25) is 0 Å². The first-order valence-corrected chi connectivity index (χ1v) is 29.4. The number of carbonyl (C=O) groups is 2. The Balaban J connectivity index is 1.33. The molecule has 0 bridgehead atoms. The van der Waals surface area contributed by atoms with Crippen LogP contribution in [-0.2, 0) is 12.8 Å². The zero-order chi connectivity index (χ0) is 45.0. The van der Waals surface area contributed by atoms with Crippen molar-refractivity contribution in [2.24, 2.45) is 0 Å². The summed E-state index contributed by atoms with van der Waals surface area (Å²) in [5.74, 6) is 0.160. The molecule has 0 atom stereocenters. The van der Waals surface area contributed by atoms with Gasteiger partial charge < -0.3 is 10.6 Å². The Morgan fingerprint density at radius 2 is 0.619 bits per heavy atom. The Morgan fingerprint density at radius 1 is 0.349 bits per heavy atom. The fourth-order valence-electron chi connectivity index (χ4n) is 8.85. The molecule has 0 saturated heterocycles. The van der Waals surface area contributed by atoms with Gasteiger partial charge in [0, 0.05) is 42.4 Å². The quantitative estimate of drug-likeness (QED) is 0.0556. The first-order valence-electron chi connectivity index (χ1n) is 26.9. The molecule has 0 unspecified atom stereocenters. The van der Waals surface area contributed by atoms with Crippen LogP contribution < -0.4 is 10.6 Å². The summed E-state index contributed by atoms with van der Waals surface area (Å²) < 4.78 is 0. The second kappa shape index (κ2) is 37.2. The summed E-state index contributed by atoms with van der Waals surface area (Å²) in [5.41, 5.74) is 1.71. The van der Waals surface area contributed by atoms with E-state index in [9.17, 15) is 9.59 Å². The van der Waals surface area contributed by atoms with Gasteiger partial charge in [-0.15, -0.1) is 34.0 Å². The highest BCUT2D eigenvalue weighted by molar-refractivity contribution is 7.26. The molecule has 2 N–H and O–H groups in total. The van der Waals surface area contributed by atoms with Crippen LogP contribution >= 0.6 is 34.0 Å². The molecule has 4 nitrogen and oxygen atoms in total. The Hall–Kier alpha value is -1.96. The molecule has 3 rings (SSSR count). The van der Waals surface area contributed by atoms with Crippen LogP contribution in [0.1, 0.15) is 276 Å². The summed E-state index contributed by atoms with van der Waals surface area (Å²) in [4.78, 5) is 34.0. The van der Waals surface area contributed by atoms with Gasteiger partial charge in [-0.3, -0.25) is 9.59 Å². The summed E-state index contributed by atoms with van der Waals surface area (Å²) in [6.45, 7) is 10.5. The van der Waals surface area contributed by atoms with E-state index in [4.69, 9.17) is 0 Å². The van der Waals surface area contributed by atoms with E-state index in [0.717, 1.165) is 62.7 Å². The smallest absolute Gasteiger partial charge is 0.252 e. The lowest BCUT2D eigenvalue weighted by Crippen LogP contribution is -2.24. The van der Waals surface area contributed by atoms with Gasteiger partial charge in [-0.2, -0.15) is 0 Å². The standard InChI is InChI=1S/C56H94N2O2S3/c1-5-9-11-13-15-17-19-21-23-25-27-29-31-33-35-37-43-57-55(59)47-45-53(61-49(47)39-7-3)51-41-42-52(63-51)54-46-48(50(62-54)40-8-4)56(60)58-44-38-36-34-32-30-28-26-24-22-20-18-16-14-12-10-6-2/h41-42,45-46H,5-40,43-44H2,1-4H3,(H,57,59)(H,58,60). The third-order valence-corrected chi connectivity index (χ3v) is 16.7. The second-order valence-electron chi connectivity index (χ2n) is 18.7. The zero-order valence-electron chi connectivity index (χ0n) is 41.2. The van der Waals surface area contributed by atoms with E-state index < -0.39 is 0 Å². The molecule has 0 aromatic carbocycles. The third kappa shape index (κ3) is 24.4. The Morgan fingerprint density at radius 3 is 0.889 bits per heavy atom. The van der Waals surface area contributed by atoms with Crippen molar-refractivity contribution >= 4 is 45.8 Å². The maximum atomic E-state index is 13.4. The van der Waals surface area contributed by atoms with Crippen molar-refractivity contribution in [3.63, 3.8) is 0 Å². The van der Waals surface area contributed by atoms with Gasteiger partial charge in [0.05, 0.1) is 11.1 Å². The molecule has 0 radical (unpaired) electrons. The number of rotatable bonds is 42. The molecule has 0 spiro atoms. The molecule has 0 aliphatic rings. The molecule has 0 fully saturated rings. The van der Waals surface area contributed by atoms with Gasteiger partial charge in [-0.25, -0.2) is 0 Å². The van der Waals surface area contributed by atoms with Gasteiger partial charge in [0.1, 0.15) is 0 Å². The number of nitrogens with one attached hydrogen (secondary N) is 2. The highest BCUT2D eigenvalue weighted by atomic mass is 32.1. The summed E-state index contributed by atoms with van der Waals surface area (Å²) in [6, 6.07) is 8.66. The summed E-state index contributed by atoms with van der Waals surface area (Å²) >= 11 is 5.33. The van der Waals surface area contributed by atoms with E-state index in [-0.39, 0.29) is 11.8 Å². The van der Waals surface area contributed by atoms with Crippen LogP contribution in [0.15, 0.2) is 24.3 Å². The molecule has 358 valence electrons. The average molecular weight is 924 g/mol. The van der Waals surface area contributed by atoms with Crippen LogP contribution in [0.3, 0.4) is 0 Å². The highest BCUT2D eigenvalue weighted by Gasteiger charge is 2.20. The molecular weight excluding hydrogens is 829 g/mol. The Bertz CT molecular complexity index is 1460. The minimum atomic E-state index is 0.0800. The molecule has 63 heavy (non-hydrogen) atoms. The van der Waals surface area contributed by atoms with E-state index in [1.807, 2.05) is 0 Å². The highest BCUT2D eigenvalue weighted by Crippen LogP contribution is 2.42. The number of hydrogen-bond donors (Lipinski definition) is 2. The largest absolute Gasteiger partial charge is 0.352 e. The van der Waals surface area contributed by atoms with Crippen molar-refractivity contribution in [3.8, 4) is 19.5 Å². The second-order valence-corrected chi connectivity index (χ2v) is 22.0. The predicted octanol–water partition coefficient (Wildman–Crippen LogP) is 19.1. The van der Waals surface area contributed by atoms with Gasteiger partial charge in [0.25, 0.3) is 11.8 Å². The average Bonchev–Trinajstić information content (AvgIpc) is 4.05.